The molecule has 0 saturated carbocycles. The van der Waals surface area contributed by atoms with E-state index in [9.17, 15) is 82.4 Å². The summed E-state index contributed by atoms with van der Waals surface area (Å²) in [6.45, 7) is 5.41. The number of H-pyrrole nitrogens is 1. The number of thioether (sulfide) groups is 1. The number of likely N-dealkylation sites (tertiary alicyclic amines) is 1. The van der Waals surface area contributed by atoms with Gasteiger partial charge in [0.15, 0.2) is 5.43 Å². The number of aromatic amines is 1. The Bertz CT molecular complexity index is 3570. The first kappa shape index (κ1) is 66.9. The van der Waals surface area contributed by atoms with E-state index in [4.69, 9.17) is 15.3 Å². The van der Waals surface area contributed by atoms with Crippen LogP contribution in [-0.2, 0) is 59.2 Å². The Balaban J connectivity index is 0.978. The van der Waals surface area contributed by atoms with Crippen LogP contribution in [0.1, 0.15) is 80.3 Å². The number of phenolic OH excluding ortho intramolecular Hbond substituents is 1. The van der Waals surface area contributed by atoms with Gasteiger partial charge in [-0.15, -0.1) is 11.8 Å². The molecule has 1 aromatic heterocycles. The van der Waals surface area contributed by atoms with Gasteiger partial charge in [-0.1, -0.05) is 0 Å². The molecule has 468 valence electrons. The van der Waals surface area contributed by atoms with Gasteiger partial charge >= 0.3 is 11.9 Å². The van der Waals surface area contributed by atoms with Gasteiger partial charge in [0.1, 0.15) is 59.4 Å². The van der Waals surface area contributed by atoms with Gasteiger partial charge in [-0.25, -0.2) is 9.78 Å². The van der Waals surface area contributed by atoms with Gasteiger partial charge in [0.2, 0.25) is 59.1 Å². The number of carbonyl (C=O) groups is 13. The molecule has 3 aromatic rings. The summed E-state index contributed by atoms with van der Waals surface area (Å²) in [4.78, 5) is 188. The number of amides is 11. The number of carboxylic acid groups (broad SMARTS) is 2. The zero-order valence-corrected chi connectivity index (χ0v) is 48.6. The van der Waals surface area contributed by atoms with E-state index in [1.165, 1.54) is 87.9 Å². The number of aromatic hydroxyl groups is 1. The Labute approximate surface area is 503 Å². The lowest BCUT2D eigenvalue weighted by atomic mass is 9.89. The summed E-state index contributed by atoms with van der Waals surface area (Å²) < 4.78 is 5.87. The molecule has 1 unspecified atom stereocenters. The molecule has 0 spiro atoms. The third-order valence-corrected chi connectivity index (χ3v) is 15.0. The summed E-state index contributed by atoms with van der Waals surface area (Å²) in [6, 6.07) is 1.66. The lowest BCUT2D eigenvalue weighted by Gasteiger charge is -2.27. The minimum absolute atomic E-state index is 0.0100. The molecule has 1 saturated heterocycles. The lowest BCUT2D eigenvalue weighted by molar-refractivity contribution is -0.139. The number of phenols is 1. The SMILES string of the molecule is CC(=O)N[C@@H](CCC(=O)O)C(=O)N[C@@H](Cc1cnc[nH]1)C(=O)N[C@H](C(=O)N[C@@H](C)C(=O)N[C@@H](C)C(=O)N[C@@H](C)C(=O)N[C@@H](CSC1CC(=O)N(CCNC(=O)c2ccc(C(=O)O)c(-c3c4ccc(=O)cc-4oc4cc(O)ccc34)c2)C1=O)C(N)=O)[C@@H](C)O. The minimum Gasteiger partial charge on any atom is -0.508 e. The number of aliphatic hydroxyl groups excluding tert-OH is 1. The van der Waals surface area contributed by atoms with Crippen LogP contribution in [0.2, 0.25) is 0 Å². The van der Waals surface area contributed by atoms with Crippen molar-refractivity contribution in [3.63, 3.8) is 0 Å². The van der Waals surface area contributed by atoms with E-state index in [0.29, 0.717) is 22.2 Å². The molecule has 31 nitrogen and oxygen atoms in total. The van der Waals surface area contributed by atoms with E-state index in [-0.39, 0.29) is 71.9 Å². The second-order valence-corrected chi connectivity index (χ2v) is 21.7. The van der Waals surface area contributed by atoms with Crippen LogP contribution in [0, 0.1) is 0 Å². The standard InChI is InChI=1S/C56H64N12O19S/c1-24(61-49(78)25(2)63-54(83)46(27(4)69)67-53(82)38(17-30-21-58-23-60-30)65-52(81)37(64-28(5)70)12-13-44(74)75)48(77)62-26(3)50(79)66-39(47(57)76)22-88-42-20-43(73)68(55(42)84)15-14-59-51(80)29-6-9-33(56(85)86)36(16-29)45-34-10-7-31(71)18-40(34)87-41-19-32(72)8-11-35(41)45/h6-11,16,18-19,21,23-27,37-39,42,46,69,71H,12-15,17,20,22H2,1-5H3,(H2,57,76)(H,58,60)(H,59,80)(H,61,78)(H,62,77)(H,63,83)(H,64,70)(H,65,81)(H,66,79)(H,67,82)(H,74,75)(H,85,86)/t24-,25-,26-,27+,37-,38-,39-,42?,46-/m0/s1. The van der Waals surface area contributed by atoms with Crippen LogP contribution in [0.4, 0.5) is 0 Å². The van der Waals surface area contributed by atoms with Gasteiger partial charge in [-0.2, -0.15) is 0 Å². The number of hydrogen-bond acceptors (Lipinski definition) is 19. The highest BCUT2D eigenvalue weighted by atomic mass is 32.2. The summed E-state index contributed by atoms with van der Waals surface area (Å²) in [6.07, 6.45) is -0.402. The predicted octanol–water partition coefficient (Wildman–Crippen LogP) is -2.27. The third-order valence-electron chi connectivity index (χ3n) is 13.7. The van der Waals surface area contributed by atoms with Crippen LogP contribution in [0.25, 0.3) is 33.4 Å². The zero-order valence-electron chi connectivity index (χ0n) is 47.8. The Morgan fingerprint density at radius 1 is 0.750 bits per heavy atom. The monoisotopic (exact) mass is 1240 g/mol. The van der Waals surface area contributed by atoms with E-state index in [1.54, 1.807) is 0 Å². The van der Waals surface area contributed by atoms with Crippen LogP contribution in [-0.4, -0.2) is 185 Å². The summed E-state index contributed by atoms with van der Waals surface area (Å²) in [7, 11) is 0. The second kappa shape index (κ2) is 29.7. The number of imidazole rings is 1. The number of nitrogens with two attached hydrogens (primary N) is 1. The van der Waals surface area contributed by atoms with Crippen LogP contribution < -0.4 is 53.7 Å². The molecule has 3 heterocycles. The molecule has 1 fully saturated rings. The van der Waals surface area contributed by atoms with Gasteiger partial charge in [0, 0.05) is 91.1 Å². The number of primary amides is 1. The van der Waals surface area contributed by atoms with E-state index in [0.717, 1.165) is 30.5 Å². The summed E-state index contributed by atoms with van der Waals surface area (Å²) in [5, 5.41) is 58.4. The van der Waals surface area contributed by atoms with Crippen molar-refractivity contribution in [2.24, 2.45) is 5.73 Å². The highest BCUT2D eigenvalue weighted by Gasteiger charge is 2.40. The number of aromatic carboxylic acids is 1. The molecule has 1 aliphatic carbocycles. The molecule has 0 bridgehead atoms. The normalized spacial score (nSPS) is 15.7. The minimum atomic E-state index is -1.75. The summed E-state index contributed by atoms with van der Waals surface area (Å²) in [5.41, 5.74) is 6.13. The Morgan fingerprint density at radius 3 is 1.99 bits per heavy atom. The van der Waals surface area contributed by atoms with Crippen LogP contribution in [0.5, 0.6) is 5.75 Å². The topological polar surface area (TPSA) is 487 Å². The van der Waals surface area contributed by atoms with Crippen molar-refractivity contribution in [1.82, 2.24) is 57.4 Å². The Morgan fingerprint density at radius 2 is 1.39 bits per heavy atom. The van der Waals surface area contributed by atoms with E-state index >= 15 is 0 Å². The quantitative estimate of drug-likeness (QED) is 0.0177. The number of carbonyl (C=O) groups excluding carboxylic acids is 11. The number of rotatable bonds is 29. The van der Waals surface area contributed by atoms with Crippen molar-refractivity contribution in [2.75, 3.05) is 18.8 Å². The first-order valence-corrected chi connectivity index (χ1v) is 28.1. The molecular weight excluding hydrogens is 1180 g/mol. The highest BCUT2D eigenvalue weighted by Crippen LogP contribution is 2.42. The zero-order chi connectivity index (χ0) is 64.8. The maximum Gasteiger partial charge on any atom is 0.336 e. The largest absolute Gasteiger partial charge is 0.508 e. The van der Waals surface area contributed by atoms with Crippen molar-refractivity contribution < 1.29 is 87.2 Å². The number of aromatic nitrogens is 2. The van der Waals surface area contributed by atoms with E-state index in [1.807, 2.05) is 0 Å². The van der Waals surface area contributed by atoms with Crippen LogP contribution >= 0.6 is 11.8 Å². The fourth-order valence-electron chi connectivity index (χ4n) is 9.05. The fourth-order valence-corrected chi connectivity index (χ4v) is 10.3. The van der Waals surface area contributed by atoms with Crippen molar-refractivity contribution in [2.45, 2.75) is 114 Å². The van der Waals surface area contributed by atoms with Crippen molar-refractivity contribution in [3.05, 3.63) is 94.2 Å². The number of aliphatic hydroxyl groups is 1. The van der Waals surface area contributed by atoms with E-state index in [2.05, 4.69) is 52.5 Å². The lowest BCUT2D eigenvalue weighted by Crippen LogP contribution is -2.61. The molecular formula is C56H64N12O19S. The molecule has 9 atom stereocenters. The number of imide groups is 1. The molecule has 11 amide bonds. The maximum atomic E-state index is 13.6. The first-order chi connectivity index (χ1) is 41.5. The second-order valence-electron chi connectivity index (χ2n) is 20.5. The number of nitrogens with zero attached hydrogens (tertiary/aromatic N) is 2. The maximum absolute atomic E-state index is 13.6. The highest BCUT2D eigenvalue weighted by molar-refractivity contribution is 8.00. The van der Waals surface area contributed by atoms with Crippen molar-refractivity contribution in [1.29, 1.82) is 0 Å². The third kappa shape index (κ3) is 17.5. The van der Waals surface area contributed by atoms with Crippen molar-refractivity contribution >= 4 is 99.6 Å². The molecule has 2 aromatic carbocycles. The van der Waals surface area contributed by atoms with Gasteiger partial charge in [0.25, 0.3) is 5.91 Å². The average molecular weight is 1240 g/mol. The van der Waals surface area contributed by atoms with E-state index < -0.39 is 142 Å². The van der Waals surface area contributed by atoms with Gasteiger partial charge < -0.3 is 78.1 Å². The number of aliphatic carboxylic acids is 1. The number of carboxylic acids is 2. The molecule has 32 heteroatoms. The number of benzene rings is 3. The number of hydrogen-bond donors (Lipinski definition) is 14. The molecule has 0 radical (unpaired) electrons. The molecule has 6 rings (SSSR count). The van der Waals surface area contributed by atoms with Crippen LogP contribution in [0.3, 0.4) is 0 Å². The smallest absolute Gasteiger partial charge is 0.336 e. The average Bonchev–Trinajstić information content (AvgIpc) is 0.932. The number of nitrogens with one attached hydrogen (secondary N) is 9. The number of fused-ring (bicyclic) bond motifs is 2. The molecule has 88 heavy (non-hydrogen) atoms. The Hall–Kier alpha value is -10.2. The first-order valence-electron chi connectivity index (χ1n) is 27.1. The Kier molecular flexibility index (Phi) is 22.6. The van der Waals surface area contributed by atoms with Crippen molar-refractivity contribution in [3.8, 4) is 28.2 Å². The molecule has 15 N–H and O–H groups in total. The fraction of sp³-hybridized carbons (Fsp3) is 0.375. The molecule has 2 aliphatic heterocycles. The van der Waals surface area contributed by atoms with Crippen LogP contribution in [0.15, 0.2) is 76.3 Å². The molecule has 3 aliphatic rings. The van der Waals surface area contributed by atoms with Gasteiger partial charge in [-0.3, -0.25) is 67.2 Å². The summed E-state index contributed by atoms with van der Waals surface area (Å²) in [5.74, 6) is -12.5. The van der Waals surface area contributed by atoms with Gasteiger partial charge in [0.05, 0.1) is 23.2 Å². The van der Waals surface area contributed by atoms with Gasteiger partial charge in [-0.05, 0) is 82.1 Å². The predicted molar refractivity (Wildman–Crippen MR) is 309 cm³/mol. The summed E-state index contributed by atoms with van der Waals surface area (Å²) >= 11 is 0.834.